The number of hydrogen-bond donors (Lipinski definition) is 0. The lowest BCUT2D eigenvalue weighted by Gasteiger charge is -2.07. The first kappa shape index (κ1) is 16.9. The van der Waals surface area contributed by atoms with Gasteiger partial charge in [-0.15, -0.1) is 0 Å². The number of carbonyl (C=O) groups excluding carboxylic acids is 1. The Morgan fingerprint density at radius 3 is 2.50 bits per heavy atom. The minimum absolute atomic E-state index is 0.00435. The molecule has 2 nitrogen and oxygen atoms in total. The molecule has 0 bridgehead atoms. The van der Waals surface area contributed by atoms with Crippen molar-refractivity contribution in [2.45, 2.75) is 71.8 Å². The lowest BCUT2D eigenvalue weighted by atomic mass is 10.1. The number of unbranched alkanes of at least 4 members (excludes halogenated alkanes) is 5. The third-order valence-corrected chi connectivity index (χ3v) is 2.85. The summed E-state index contributed by atoms with van der Waals surface area (Å²) in [5.41, 5.74) is 0. The van der Waals surface area contributed by atoms with E-state index in [1.807, 2.05) is 19.9 Å². The highest BCUT2D eigenvalue weighted by Crippen LogP contribution is 2.05. The number of allylic oxidation sites excluding steroid dienone is 3. The van der Waals surface area contributed by atoms with Gasteiger partial charge in [0.25, 0.3) is 0 Å². The molecule has 0 rings (SSSR count). The molecule has 0 aromatic rings. The smallest absolute Gasteiger partial charge is 0.331 e. The van der Waals surface area contributed by atoms with Gasteiger partial charge in [-0.1, -0.05) is 57.8 Å². The van der Waals surface area contributed by atoms with Crippen LogP contribution in [-0.2, 0) is 9.53 Å². The number of rotatable bonds is 10. The van der Waals surface area contributed by atoms with Crippen molar-refractivity contribution < 1.29 is 9.53 Å². The Labute approximate surface area is 112 Å². The summed E-state index contributed by atoms with van der Waals surface area (Å²) in [7, 11) is 0. The van der Waals surface area contributed by atoms with Gasteiger partial charge in [0, 0.05) is 6.08 Å². The van der Waals surface area contributed by atoms with Crippen LogP contribution in [0.25, 0.3) is 0 Å². The monoisotopic (exact) mass is 252 g/mol. The minimum atomic E-state index is -0.253. The lowest BCUT2D eigenvalue weighted by Crippen LogP contribution is -2.11. The van der Waals surface area contributed by atoms with E-state index in [1.165, 1.54) is 38.2 Å². The summed E-state index contributed by atoms with van der Waals surface area (Å²) in [6.07, 6.45) is 15.7. The van der Waals surface area contributed by atoms with E-state index in [0.29, 0.717) is 0 Å². The molecule has 104 valence electrons. The van der Waals surface area contributed by atoms with Gasteiger partial charge < -0.3 is 4.74 Å². The van der Waals surface area contributed by atoms with Crippen molar-refractivity contribution in [3.63, 3.8) is 0 Å². The molecule has 0 saturated carbocycles. The van der Waals surface area contributed by atoms with Gasteiger partial charge in [0.05, 0.1) is 6.10 Å². The topological polar surface area (TPSA) is 26.3 Å². The first-order valence-corrected chi connectivity index (χ1v) is 7.24. The first-order chi connectivity index (χ1) is 8.70. The van der Waals surface area contributed by atoms with Crippen LogP contribution in [0, 0.1) is 0 Å². The SMILES string of the molecule is CCCCCCCC=CC=CC(=O)OC(C)CC. The number of carbonyl (C=O) groups is 1. The van der Waals surface area contributed by atoms with E-state index in [2.05, 4.69) is 13.0 Å². The van der Waals surface area contributed by atoms with Crippen molar-refractivity contribution in [2.75, 3.05) is 0 Å². The maximum absolute atomic E-state index is 11.3. The molecule has 0 saturated heterocycles. The standard InChI is InChI=1S/C16H28O2/c1-4-6-7-8-9-10-11-12-13-14-16(17)18-15(3)5-2/h11-15H,4-10H2,1-3H3. The third-order valence-electron chi connectivity index (χ3n) is 2.85. The van der Waals surface area contributed by atoms with Gasteiger partial charge in [-0.2, -0.15) is 0 Å². The quantitative estimate of drug-likeness (QED) is 0.241. The Balaban J connectivity index is 3.53. The van der Waals surface area contributed by atoms with E-state index in [0.717, 1.165) is 12.8 Å². The number of hydrogen-bond acceptors (Lipinski definition) is 2. The summed E-state index contributed by atoms with van der Waals surface area (Å²) in [5, 5.41) is 0. The molecule has 0 N–H and O–H groups in total. The van der Waals surface area contributed by atoms with Crippen LogP contribution in [-0.4, -0.2) is 12.1 Å². The largest absolute Gasteiger partial charge is 0.460 e. The van der Waals surface area contributed by atoms with E-state index in [1.54, 1.807) is 6.08 Å². The highest BCUT2D eigenvalue weighted by Gasteiger charge is 2.02. The molecule has 2 heteroatoms. The average Bonchev–Trinajstić information content (AvgIpc) is 2.36. The van der Waals surface area contributed by atoms with E-state index in [-0.39, 0.29) is 12.1 Å². The maximum Gasteiger partial charge on any atom is 0.331 e. The molecule has 0 radical (unpaired) electrons. The molecule has 18 heavy (non-hydrogen) atoms. The van der Waals surface area contributed by atoms with Gasteiger partial charge in [-0.05, 0) is 26.2 Å². The van der Waals surface area contributed by atoms with Crippen LogP contribution in [0.5, 0.6) is 0 Å². The second-order valence-corrected chi connectivity index (χ2v) is 4.65. The Hall–Kier alpha value is -1.05. The summed E-state index contributed by atoms with van der Waals surface area (Å²) in [6, 6.07) is 0. The summed E-state index contributed by atoms with van der Waals surface area (Å²) < 4.78 is 5.11. The van der Waals surface area contributed by atoms with Gasteiger partial charge >= 0.3 is 5.97 Å². The van der Waals surface area contributed by atoms with Crippen LogP contribution in [0.15, 0.2) is 24.3 Å². The Morgan fingerprint density at radius 2 is 1.83 bits per heavy atom. The molecular formula is C16H28O2. The first-order valence-electron chi connectivity index (χ1n) is 7.24. The predicted octanol–water partition coefficient (Wildman–Crippen LogP) is 4.80. The molecule has 1 atom stereocenters. The highest BCUT2D eigenvalue weighted by molar-refractivity contribution is 5.82. The zero-order chi connectivity index (χ0) is 13.6. The average molecular weight is 252 g/mol. The molecule has 0 amide bonds. The summed E-state index contributed by atoms with van der Waals surface area (Å²) in [6.45, 7) is 6.13. The van der Waals surface area contributed by atoms with Crippen molar-refractivity contribution in [2.24, 2.45) is 0 Å². The maximum atomic E-state index is 11.3. The Bertz CT molecular complexity index is 254. The van der Waals surface area contributed by atoms with Crippen LogP contribution in [0.3, 0.4) is 0 Å². The number of ether oxygens (including phenoxy) is 1. The van der Waals surface area contributed by atoms with E-state index in [4.69, 9.17) is 4.74 Å². The summed E-state index contributed by atoms with van der Waals surface area (Å²) >= 11 is 0. The minimum Gasteiger partial charge on any atom is -0.460 e. The molecule has 0 aliphatic carbocycles. The van der Waals surface area contributed by atoms with Crippen LogP contribution < -0.4 is 0 Å². The van der Waals surface area contributed by atoms with Crippen molar-refractivity contribution >= 4 is 5.97 Å². The van der Waals surface area contributed by atoms with Gasteiger partial charge in [-0.3, -0.25) is 0 Å². The molecular weight excluding hydrogens is 224 g/mol. The Kier molecular flexibility index (Phi) is 11.7. The van der Waals surface area contributed by atoms with E-state index < -0.39 is 0 Å². The molecule has 0 aromatic carbocycles. The van der Waals surface area contributed by atoms with Crippen LogP contribution >= 0.6 is 0 Å². The van der Waals surface area contributed by atoms with E-state index >= 15 is 0 Å². The zero-order valence-electron chi connectivity index (χ0n) is 12.2. The van der Waals surface area contributed by atoms with Crippen molar-refractivity contribution in [3.05, 3.63) is 24.3 Å². The fourth-order valence-corrected chi connectivity index (χ4v) is 1.50. The third kappa shape index (κ3) is 11.4. The fraction of sp³-hybridized carbons (Fsp3) is 0.688. The van der Waals surface area contributed by atoms with Gasteiger partial charge in [0.1, 0.15) is 0 Å². The van der Waals surface area contributed by atoms with Crippen LogP contribution in [0.2, 0.25) is 0 Å². The normalized spacial score (nSPS) is 13.3. The van der Waals surface area contributed by atoms with Gasteiger partial charge in [0.15, 0.2) is 0 Å². The van der Waals surface area contributed by atoms with E-state index in [9.17, 15) is 4.79 Å². The molecule has 0 aromatic heterocycles. The molecule has 0 fully saturated rings. The highest BCUT2D eigenvalue weighted by atomic mass is 16.5. The van der Waals surface area contributed by atoms with Crippen molar-refractivity contribution in [1.29, 1.82) is 0 Å². The van der Waals surface area contributed by atoms with Crippen molar-refractivity contribution in [1.82, 2.24) is 0 Å². The molecule has 0 aliphatic heterocycles. The van der Waals surface area contributed by atoms with Crippen LogP contribution in [0.1, 0.15) is 65.7 Å². The van der Waals surface area contributed by atoms with Gasteiger partial charge in [0.2, 0.25) is 0 Å². The molecule has 1 unspecified atom stereocenters. The fourth-order valence-electron chi connectivity index (χ4n) is 1.50. The molecule has 0 aliphatic rings. The van der Waals surface area contributed by atoms with Crippen molar-refractivity contribution in [3.8, 4) is 0 Å². The molecule has 0 spiro atoms. The summed E-state index contributed by atoms with van der Waals surface area (Å²) in [5.74, 6) is -0.253. The Morgan fingerprint density at radius 1 is 1.11 bits per heavy atom. The molecule has 0 heterocycles. The second-order valence-electron chi connectivity index (χ2n) is 4.65. The second kappa shape index (κ2) is 12.4. The van der Waals surface area contributed by atoms with Crippen LogP contribution in [0.4, 0.5) is 0 Å². The lowest BCUT2D eigenvalue weighted by molar-refractivity contribution is -0.142. The summed E-state index contributed by atoms with van der Waals surface area (Å²) in [4.78, 5) is 11.3. The predicted molar refractivity (Wildman–Crippen MR) is 77.5 cm³/mol. The van der Waals surface area contributed by atoms with Gasteiger partial charge in [-0.25, -0.2) is 4.79 Å². The number of esters is 1. The zero-order valence-corrected chi connectivity index (χ0v) is 12.2.